The summed E-state index contributed by atoms with van der Waals surface area (Å²) >= 11 is -2.22. The molecule has 0 aliphatic rings. The third kappa shape index (κ3) is 4.04. The first-order chi connectivity index (χ1) is 13.6. The lowest BCUT2D eigenvalue weighted by Gasteiger charge is -2.13. The van der Waals surface area contributed by atoms with Crippen molar-refractivity contribution < 1.29 is 13.6 Å². The van der Waals surface area contributed by atoms with E-state index in [1.165, 1.54) is 6.07 Å². The van der Waals surface area contributed by atoms with Crippen LogP contribution in [0.4, 0.5) is 0 Å². The van der Waals surface area contributed by atoms with E-state index in [1.54, 1.807) is 13.0 Å². The van der Waals surface area contributed by atoms with Crippen LogP contribution in [0.15, 0.2) is 34.1 Å². The smallest absolute Gasteiger partial charge is 0.253 e. The molecule has 0 saturated heterocycles. The summed E-state index contributed by atoms with van der Waals surface area (Å²) in [5.41, 5.74) is 3.75. The topological polar surface area (TPSA) is 104 Å². The number of rotatable bonds is 5. The van der Waals surface area contributed by atoms with Gasteiger partial charge in [-0.05, 0) is 63.9 Å². The second kappa shape index (κ2) is 7.96. The number of nitrogens with zero attached hydrogens (tertiary/aromatic N) is 1. The lowest BCUT2D eigenvalue weighted by molar-refractivity contribution is 0.0952. The Balaban J connectivity index is 2.05. The summed E-state index contributed by atoms with van der Waals surface area (Å²) < 4.78 is 23.3. The van der Waals surface area contributed by atoms with E-state index in [4.69, 9.17) is 0 Å². The van der Waals surface area contributed by atoms with E-state index in [2.05, 4.69) is 10.3 Å². The lowest BCUT2D eigenvalue weighted by Crippen LogP contribution is -2.28. The first-order valence-electron chi connectivity index (χ1n) is 9.33. The van der Waals surface area contributed by atoms with Crippen LogP contribution in [0.25, 0.3) is 10.9 Å². The van der Waals surface area contributed by atoms with E-state index in [-0.39, 0.29) is 23.0 Å². The van der Waals surface area contributed by atoms with Crippen LogP contribution >= 0.6 is 0 Å². The van der Waals surface area contributed by atoms with Gasteiger partial charge in [-0.25, -0.2) is 4.21 Å². The molecule has 0 fully saturated rings. The molecule has 8 heteroatoms. The molecule has 0 saturated carbocycles. The number of nitrogens with one attached hydrogen (secondary N) is 2. The zero-order valence-electron chi connectivity index (χ0n) is 17.1. The van der Waals surface area contributed by atoms with Crippen LogP contribution in [0.2, 0.25) is 0 Å². The normalized spacial score (nSPS) is 12.5. The molecular formula is C21H25N3O4S. The van der Waals surface area contributed by atoms with Crippen molar-refractivity contribution in [2.75, 3.05) is 0 Å². The van der Waals surface area contributed by atoms with Crippen LogP contribution < -0.4 is 10.9 Å². The van der Waals surface area contributed by atoms with Gasteiger partial charge in [-0.3, -0.25) is 9.59 Å². The number of hydrogen-bond donors (Lipinski definition) is 3. The third-order valence-electron chi connectivity index (χ3n) is 5.02. The van der Waals surface area contributed by atoms with Gasteiger partial charge in [-0.15, -0.1) is 0 Å². The SMILES string of the molecule is Cc1cc(C)c(CNC(=O)c2cc(S(=O)O)cc3c2c(C)cn3C(C)C)c(=O)[nH]1. The van der Waals surface area contributed by atoms with Crippen LogP contribution in [0.1, 0.15) is 52.6 Å². The molecule has 1 amide bonds. The Morgan fingerprint density at radius 2 is 1.90 bits per heavy atom. The van der Waals surface area contributed by atoms with Gasteiger partial charge in [0.2, 0.25) is 0 Å². The fourth-order valence-corrected chi connectivity index (χ4v) is 4.07. The van der Waals surface area contributed by atoms with Crippen LogP contribution in [0.5, 0.6) is 0 Å². The summed E-state index contributed by atoms with van der Waals surface area (Å²) in [6, 6.07) is 5.06. The van der Waals surface area contributed by atoms with Crippen molar-refractivity contribution in [3.63, 3.8) is 0 Å². The van der Waals surface area contributed by atoms with E-state index in [0.717, 1.165) is 27.7 Å². The van der Waals surface area contributed by atoms with Crippen LogP contribution in [0, 0.1) is 20.8 Å². The molecule has 2 aromatic heterocycles. The van der Waals surface area contributed by atoms with Gasteiger partial charge in [0.05, 0.1) is 16.0 Å². The van der Waals surface area contributed by atoms with Crippen molar-refractivity contribution in [1.29, 1.82) is 0 Å². The van der Waals surface area contributed by atoms with Crippen LogP contribution in [-0.2, 0) is 17.6 Å². The molecular weight excluding hydrogens is 390 g/mol. The molecule has 1 unspecified atom stereocenters. The Kier molecular flexibility index (Phi) is 5.77. The maximum Gasteiger partial charge on any atom is 0.253 e. The zero-order chi connectivity index (χ0) is 21.5. The average Bonchev–Trinajstić information content (AvgIpc) is 2.97. The molecule has 1 aromatic carbocycles. The summed E-state index contributed by atoms with van der Waals surface area (Å²) in [6.07, 6.45) is 1.94. The maximum atomic E-state index is 13.0. The number of aromatic amines is 1. The number of aromatic nitrogens is 2. The highest BCUT2D eigenvalue weighted by Crippen LogP contribution is 2.30. The highest BCUT2D eigenvalue weighted by Gasteiger charge is 2.20. The minimum Gasteiger partial charge on any atom is -0.348 e. The van der Waals surface area contributed by atoms with Crippen LogP contribution in [0.3, 0.4) is 0 Å². The molecule has 0 bridgehead atoms. The fraction of sp³-hybridized carbons (Fsp3) is 0.333. The molecule has 1 atom stereocenters. The minimum atomic E-state index is -2.22. The maximum absolute atomic E-state index is 13.0. The molecule has 0 radical (unpaired) electrons. The fourth-order valence-electron chi connectivity index (χ4n) is 3.63. The van der Waals surface area contributed by atoms with E-state index >= 15 is 0 Å². The summed E-state index contributed by atoms with van der Waals surface area (Å²) in [6.45, 7) is 9.61. The second-order valence-corrected chi connectivity index (χ2v) is 8.52. The van der Waals surface area contributed by atoms with E-state index in [9.17, 15) is 18.4 Å². The van der Waals surface area contributed by atoms with Crippen molar-refractivity contribution in [3.8, 4) is 0 Å². The van der Waals surface area contributed by atoms with Crippen molar-refractivity contribution in [2.24, 2.45) is 0 Å². The minimum absolute atomic E-state index is 0.0676. The number of aryl methyl sites for hydroxylation is 3. The van der Waals surface area contributed by atoms with Gasteiger partial charge >= 0.3 is 0 Å². The molecule has 3 rings (SSSR count). The number of pyridine rings is 1. The molecule has 3 N–H and O–H groups in total. The second-order valence-electron chi connectivity index (χ2n) is 7.55. The standard InChI is InChI=1S/C21H25N3O4S/c1-11(2)24-10-13(4)19-16(7-15(29(27)28)8-18(19)24)20(25)22-9-17-12(3)6-14(5)23-21(17)26/h6-8,10-11H,9H2,1-5H3,(H,22,25)(H,23,26)(H,27,28). The molecule has 154 valence electrons. The summed E-state index contributed by atoms with van der Waals surface area (Å²) in [7, 11) is 0. The zero-order valence-corrected chi connectivity index (χ0v) is 17.9. The number of carbonyl (C=O) groups is 1. The van der Waals surface area contributed by atoms with Gasteiger partial charge in [0.15, 0.2) is 11.1 Å². The van der Waals surface area contributed by atoms with Crippen molar-refractivity contribution in [2.45, 2.75) is 52.1 Å². The number of benzene rings is 1. The number of H-pyrrole nitrogens is 1. The first kappa shape index (κ1) is 21.0. The summed E-state index contributed by atoms with van der Waals surface area (Å²) in [5.74, 6) is -0.397. The molecule has 29 heavy (non-hydrogen) atoms. The summed E-state index contributed by atoms with van der Waals surface area (Å²) in [5, 5.41) is 3.53. The third-order valence-corrected chi connectivity index (χ3v) is 5.66. The van der Waals surface area contributed by atoms with E-state index in [1.807, 2.05) is 44.5 Å². The number of fused-ring (bicyclic) bond motifs is 1. The van der Waals surface area contributed by atoms with E-state index in [0.29, 0.717) is 11.1 Å². The van der Waals surface area contributed by atoms with Crippen molar-refractivity contribution in [3.05, 3.63) is 62.7 Å². The first-order valence-corrected chi connectivity index (χ1v) is 10.4. The Morgan fingerprint density at radius 3 is 2.48 bits per heavy atom. The monoisotopic (exact) mass is 415 g/mol. The Morgan fingerprint density at radius 1 is 1.21 bits per heavy atom. The van der Waals surface area contributed by atoms with Gasteiger partial charge in [0, 0.05) is 35.4 Å². The van der Waals surface area contributed by atoms with Crippen molar-refractivity contribution >= 4 is 27.9 Å². The van der Waals surface area contributed by atoms with Gasteiger partial charge < -0.3 is 19.4 Å². The Labute approximate surface area is 171 Å². The van der Waals surface area contributed by atoms with Crippen LogP contribution in [-0.4, -0.2) is 24.2 Å². The molecule has 3 aromatic rings. The molecule has 0 aliphatic carbocycles. The predicted molar refractivity (Wildman–Crippen MR) is 114 cm³/mol. The van der Waals surface area contributed by atoms with Gasteiger partial charge in [0.25, 0.3) is 11.5 Å². The molecule has 7 nitrogen and oxygen atoms in total. The Bertz CT molecular complexity index is 1190. The largest absolute Gasteiger partial charge is 0.348 e. The number of hydrogen-bond acceptors (Lipinski definition) is 3. The van der Waals surface area contributed by atoms with Gasteiger partial charge in [-0.2, -0.15) is 0 Å². The predicted octanol–water partition coefficient (Wildman–Crippen LogP) is 3.35. The van der Waals surface area contributed by atoms with Crippen molar-refractivity contribution in [1.82, 2.24) is 14.9 Å². The highest BCUT2D eigenvalue weighted by molar-refractivity contribution is 7.79. The van der Waals surface area contributed by atoms with Gasteiger partial charge in [0.1, 0.15) is 0 Å². The lowest BCUT2D eigenvalue weighted by atomic mass is 10.1. The molecule has 0 aliphatic heterocycles. The number of amides is 1. The molecule has 0 spiro atoms. The average molecular weight is 416 g/mol. The highest BCUT2D eigenvalue weighted by atomic mass is 32.2. The number of carbonyl (C=O) groups excluding carboxylic acids is 1. The summed E-state index contributed by atoms with van der Waals surface area (Å²) in [4.78, 5) is 28.1. The Hall–Kier alpha value is -2.71. The van der Waals surface area contributed by atoms with E-state index < -0.39 is 17.0 Å². The molecule has 2 heterocycles. The van der Waals surface area contributed by atoms with Gasteiger partial charge in [-0.1, -0.05) is 0 Å². The quantitative estimate of drug-likeness (QED) is 0.556.